The van der Waals surface area contributed by atoms with E-state index in [1.165, 1.54) is 18.4 Å². The van der Waals surface area contributed by atoms with Crippen LogP contribution >= 0.6 is 0 Å². The molecular weight excluding hydrogens is 266 g/mol. The van der Waals surface area contributed by atoms with E-state index in [2.05, 4.69) is 15.6 Å². The summed E-state index contributed by atoms with van der Waals surface area (Å²) < 4.78 is 10.7. The number of benzene rings is 1. The Bertz CT molecular complexity index is 484. The molecule has 0 atom stereocenters. The van der Waals surface area contributed by atoms with E-state index >= 15 is 0 Å². The average Bonchev–Trinajstić information content (AvgIpc) is 3.34. The molecule has 0 unspecified atom stereocenters. The summed E-state index contributed by atoms with van der Waals surface area (Å²) in [6.07, 6.45) is 4.45. The summed E-state index contributed by atoms with van der Waals surface area (Å²) >= 11 is 0. The molecular formula is C16H25N3O2. The van der Waals surface area contributed by atoms with E-state index in [-0.39, 0.29) is 0 Å². The van der Waals surface area contributed by atoms with Crippen molar-refractivity contribution in [3.63, 3.8) is 0 Å². The van der Waals surface area contributed by atoms with Gasteiger partial charge >= 0.3 is 0 Å². The van der Waals surface area contributed by atoms with E-state index in [0.717, 1.165) is 36.8 Å². The average molecular weight is 291 g/mol. The van der Waals surface area contributed by atoms with E-state index in [1.54, 1.807) is 14.2 Å². The number of guanidine groups is 1. The number of aliphatic imine (C=N–C) groups is 1. The molecule has 0 saturated heterocycles. The molecule has 0 spiro atoms. The van der Waals surface area contributed by atoms with Crippen molar-refractivity contribution in [2.24, 2.45) is 4.99 Å². The molecule has 0 aliphatic heterocycles. The lowest BCUT2D eigenvalue weighted by molar-refractivity contribution is 0.398. The molecule has 1 aromatic rings. The number of ether oxygens (including phenoxy) is 2. The van der Waals surface area contributed by atoms with Crippen LogP contribution < -0.4 is 20.1 Å². The first kappa shape index (κ1) is 15.5. The summed E-state index contributed by atoms with van der Waals surface area (Å²) in [5.41, 5.74) is 1.17. The standard InChI is InChI=1S/C16H25N3O2/c1-17-16(19-13-6-7-13)18-10-4-5-12-11-14(20-2)8-9-15(12)21-3/h8-9,11,13H,4-7,10H2,1-3H3,(H2,17,18,19). The van der Waals surface area contributed by atoms with Crippen molar-refractivity contribution in [1.82, 2.24) is 10.6 Å². The fraction of sp³-hybridized carbons (Fsp3) is 0.562. The van der Waals surface area contributed by atoms with Gasteiger partial charge in [0.05, 0.1) is 14.2 Å². The summed E-state index contributed by atoms with van der Waals surface area (Å²) in [5.74, 6) is 2.68. The van der Waals surface area contributed by atoms with Crippen molar-refractivity contribution in [3.8, 4) is 11.5 Å². The van der Waals surface area contributed by atoms with Crippen molar-refractivity contribution in [1.29, 1.82) is 0 Å². The molecule has 21 heavy (non-hydrogen) atoms. The zero-order valence-electron chi connectivity index (χ0n) is 13.1. The highest BCUT2D eigenvalue weighted by Crippen LogP contribution is 2.24. The van der Waals surface area contributed by atoms with Crippen LogP contribution in [0, 0.1) is 0 Å². The van der Waals surface area contributed by atoms with Crippen molar-refractivity contribution < 1.29 is 9.47 Å². The largest absolute Gasteiger partial charge is 0.497 e. The normalized spacial score (nSPS) is 14.7. The Morgan fingerprint density at radius 3 is 2.71 bits per heavy atom. The molecule has 5 heteroatoms. The fourth-order valence-corrected chi connectivity index (χ4v) is 2.18. The van der Waals surface area contributed by atoms with Crippen LogP contribution in [0.2, 0.25) is 0 Å². The second-order valence-corrected chi connectivity index (χ2v) is 5.20. The van der Waals surface area contributed by atoms with Gasteiger partial charge in [-0.05, 0) is 49.4 Å². The number of aryl methyl sites for hydroxylation is 1. The van der Waals surface area contributed by atoms with Crippen LogP contribution in [0.3, 0.4) is 0 Å². The van der Waals surface area contributed by atoms with Gasteiger partial charge in [-0.1, -0.05) is 0 Å². The number of hydrogen-bond acceptors (Lipinski definition) is 3. The quantitative estimate of drug-likeness (QED) is 0.458. The summed E-state index contributed by atoms with van der Waals surface area (Å²) in [7, 11) is 5.19. The lowest BCUT2D eigenvalue weighted by Gasteiger charge is -2.12. The van der Waals surface area contributed by atoms with Crippen LogP contribution in [0.25, 0.3) is 0 Å². The summed E-state index contributed by atoms with van der Waals surface area (Å²) in [6.45, 7) is 0.882. The smallest absolute Gasteiger partial charge is 0.191 e. The summed E-state index contributed by atoms with van der Waals surface area (Å²) in [5, 5.41) is 6.72. The van der Waals surface area contributed by atoms with E-state index in [0.29, 0.717) is 6.04 Å². The van der Waals surface area contributed by atoms with Crippen LogP contribution in [0.15, 0.2) is 23.2 Å². The molecule has 1 saturated carbocycles. The number of methoxy groups -OCH3 is 2. The molecule has 5 nitrogen and oxygen atoms in total. The fourth-order valence-electron chi connectivity index (χ4n) is 2.18. The number of nitrogens with zero attached hydrogens (tertiary/aromatic N) is 1. The van der Waals surface area contributed by atoms with Crippen LogP contribution in [0.1, 0.15) is 24.8 Å². The number of rotatable bonds is 7. The van der Waals surface area contributed by atoms with Gasteiger partial charge in [0.1, 0.15) is 11.5 Å². The predicted octanol–water partition coefficient (Wildman–Crippen LogP) is 1.96. The minimum absolute atomic E-state index is 0.620. The first-order valence-corrected chi connectivity index (χ1v) is 7.45. The zero-order chi connectivity index (χ0) is 15.1. The highest BCUT2D eigenvalue weighted by atomic mass is 16.5. The second kappa shape index (κ2) is 7.76. The third-order valence-corrected chi connectivity index (χ3v) is 3.54. The van der Waals surface area contributed by atoms with Crippen molar-refractivity contribution in [2.75, 3.05) is 27.8 Å². The van der Waals surface area contributed by atoms with Crippen LogP contribution in [0.4, 0.5) is 0 Å². The maximum absolute atomic E-state index is 5.39. The van der Waals surface area contributed by atoms with Crippen molar-refractivity contribution in [3.05, 3.63) is 23.8 Å². The molecule has 1 aliphatic rings. The van der Waals surface area contributed by atoms with Gasteiger partial charge < -0.3 is 20.1 Å². The molecule has 0 bridgehead atoms. The maximum atomic E-state index is 5.39. The molecule has 1 fully saturated rings. The SMILES string of the molecule is CN=C(NCCCc1cc(OC)ccc1OC)NC1CC1. The van der Waals surface area contributed by atoms with Gasteiger partial charge in [-0.2, -0.15) is 0 Å². The molecule has 116 valence electrons. The molecule has 1 aromatic carbocycles. The van der Waals surface area contributed by atoms with Crippen molar-refractivity contribution >= 4 is 5.96 Å². The summed E-state index contributed by atoms with van der Waals surface area (Å²) in [4.78, 5) is 4.22. The number of hydrogen-bond donors (Lipinski definition) is 2. The molecule has 2 rings (SSSR count). The van der Waals surface area contributed by atoms with Gasteiger partial charge in [0.2, 0.25) is 0 Å². The predicted molar refractivity (Wildman–Crippen MR) is 85.4 cm³/mol. The van der Waals surface area contributed by atoms with Gasteiger partial charge in [0.25, 0.3) is 0 Å². The highest BCUT2D eigenvalue weighted by molar-refractivity contribution is 5.80. The minimum atomic E-state index is 0.620. The third kappa shape index (κ3) is 4.85. The van der Waals surface area contributed by atoms with Gasteiger partial charge in [0, 0.05) is 19.6 Å². The second-order valence-electron chi connectivity index (χ2n) is 5.20. The van der Waals surface area contributed by atoms with E-state index in [9.17, 15) is 0 Å². The molecule has 0 aromatic heterocycles. The van der Waals surface area contributed by atoms with E-state index in [4.69, 9.17) is 9.47 Å². The van der Waals surface area contributed by atoms with Gasteiger partial charge in [-0.15, -0.1) is 0 Å². The Labute approximate surface area is 126 Å². The molecule has 1 aliphatic carbocycles. The Balaban J connectivity index is 1.79. The first-order chi connectivity index (χ1) is 10.3. The molecule has 0 amide bonds. The zero-order valence-corrected chi connectivity index (χ0v) is 13.1. The Kier molecular flexibility index (Phi) is 5.72. The lowest BCUT2D eigenvalue weighted by atomic mass is 10.1. The molecule has 0 radical (unpaired) electrons. The van der Waals surface area contributed by atoms with Crippen molar-refractivity contribution in [2.45, 2.75) is 31.7 Å². The van der Waals surface area contributed by atoms with E-state index in [1.807, 2.05) is 25.2 Å². The van der Waals surface area contributed by atoms with Crippen LogP contribution in [-0.2, 0) is 6.42 Å². The van der Waals surface area contributed by atoms with Crippen LogP contribution in [0.5, 0.6) is 11.5 Å². The lowest BCUT2D eigenvalue weighted by Crippen LogP contribution is -2.39. The number of nitrogens with one attached hydrogen (secondary N) is 2. The highest BCUT2D eigenvalue weighted by Gasteiger charge is 2.21. The molecule has 2 N–H and O–H groups in total. The van der Waals surface area contributed by atoms with E-state index < -0.39 is 0 Å². The Morgan fingerprint density at radius 1 is 1.29 bits per heavy atom. The Morgan fingerprint density at radius 2 is 2.10 bits per heavy atom. The maximum Gasteiger partial charge on any atom is 0.191 e. The summed E-state index contributed by atoms with van der Waals surface area (Å²) in [6, 6.07) is 6.53. The monoisotopic (exact) mass is 291 g/mol. The minimum Gasteiger partial charge on any atom is -0.497 e. The Hall–Kier alpha value is -1.91. The molecule has 0 heterocycles. The van der Waals surface area contributed by atoms with Gasteiger partial charge in [-0.25, -0.2) is 0 Å². The van der Waals surface area contributed by atoms with Crippen LogP contribution in [-0.4, -0.2) is 39.8 Å². The first-order valence-electron chi connectivity index (χ1n) is 7.45. The van der Waals surface area contributed by atoms with Gasteiger partial charge in [-0.3, -0.25) is 4.99 Å². The van der Waals surface area contributed by atoms with Gasteiger partial charge in [0.15, 0.2) is 5.96 Å². The topological polar surface area (TPSA) is 54.9 Å². The third-order valence-electron chi connectivity index (χ3n) is 3.54.